The SMILES string of the molecule is C[C@@H]1COCCN1c1cc(C2CC[S+]([O-])CC2)c2ccnc(-c3ccn[nH]3)c2n1. The molecule has 0 saturated carbocycles. The van der Waals surface area contributed by atoms with Crippen LogP contribution >= 0.6 is 0 Å². The molecule has 0 aliphatic carbocycles. The van der Waals surface area contributed by atoms with Crippen molar-refractivity contribution in [1.29, 1.82) is 0 Å². The predicted octanol–water partition coefficient (Wildman–Crippen LogP) is 2.87. The number of H-pyrrole nitrogens is 1. The molecule has 3 aromatic heterocycles. The van der Waals surface area contributed by atoms with Gasteiger partial charge in [0.15, 0.2) is 0 Å². The van der Waals surface area contributed by atoms with Gasteiger partial charge in [-0.1, -0.05) is 11.2 Å². The van der Waals surface area contributed by atoms with Gasteiger partial charge in [-0.15, -0.1) is 0 Å². The maximum atomic E-state index is 11.9. The minimum Gasteiger partial charge on any atom is -0.616 e. The molecule has 0 bridgehead atoms. The predicted molar refractivity (Wildman–Crippen MR) is 115 cm³/mol. The van der Waals surface area contributed by atoms with Crippen molar-refractivity contribution >= 4 is 27.9 Å². The van der Waals surface area contributed by atoms with Crippen molar-refractivity contribution < 1.29 is 9.29 Å². The van der Waals surface area contributed by atoms with Gasteiger partial charge < -0.3 is 14.2 Å². The number of pyridine rings is 2. The van der Waals surface area contributed by atoms with E-state index in [1.54, 1.807) is 6.20 Å². The van der Waals surface area contributed by atoms with Crippen molar-refractivity contribution in [3.63, 3.8) is 0 Å². The number of nitrogens with one attached hydrogen (secondary N) is 1. The average Bonchev–Trinajstić information content (AvgIpc) is 3.28. The Morgan fingerprint density at radius 3 is 2.86 bits per heavy atom. The van der Waals surface area contributed by atoms with Crippen molar-refractivity contribution in [2.24, 2.45) is 0 Å². The molecule has 2 fully saturated rings. The summed E-state index contributed by atoms with van der Waals surface area (Å²) < 4.78 is 17.6. The van der Waals surface area contributed by atoms with Gasteiger partial charge >= 0.3 is 0 Å². The Labute approximate surface area is 173 Å². The Bertz CT molecular complexity index is 988. The van der Waals surface area contributed by atoms with Crippen LogP contribution in [0.4, 0.5) is 5.82 Å². The first-order valence-electron chi connectivity index (χ1n) is 10.2. The van der Waals surface area contributed by atoms with Gasteiger partial charge in [-0.25, -0.2) is 4.98 Å². The molecule has 2 aliphatic rings. The van der Waals surface area contributed by atoms with Crippen LogP contribution in [-0.4, -0.2) is 62.0 Å². The summed E-state index contributed by atoms with van der Waals surface area (Å²) in [6.07, 6.45) is 5.49. The van der Waals surface area contributed by atoms with Gasteiger partial charge in [0.1, 0.15) is 28.5 Å². The second kappa shape index (κ2) is 7.93. The van der Waals surface area contributed by atoms with Crippen LogP contribution in [0.25, 0.3) is 22.3 Å². The van der Waals surface area contributed by atoms with Gasteiger partial charge in [0, 0.05) is 24.3 Å². The maximum Gasteiger partial charge on any atom is 0.130 e. The van der Waals surface area contributed by atoms with Crippen molar-refractivity contribution in [2.75, 3.05) is 36.2 Å². The molecule has 0 radical (unpaired) electrons. The van der Waals surface area contributed by atoms with Crippen molar-refractivity contribution in [1.82, 2.24) is 20.2 Å². The van der Waals surface area contributed by atoms with E-state index in [0.717, 1.165) is 59.0 Å². The Morgan fingerprint density at radius 1 is 1.24 bits per heavy atom. The number of rotatable bonds is 3. The summed E-state index contributed by atoms with van der Waals surface area (Å²) in [6, 6.07) is 6.51. The highest BCUT2D eigenvalue weighted by molar-refractivity contribution is 7.91. The van der Waals surface area contributed by atoms with Crippen LogP contribution in [-0.2, 0) is 15.9 Å². The maximum absolute atomic E-state index is 11.9. The van der Waals surface area contributed by atoms with Gasteiger partial charge in [0.25, 0.3) is 0 Å². The second-order valence-corrected chi connectivity index (χ2v) is 9.53. The third kappa shape index (κ3) is 3.60. The summed E-state index contributed by atoms with van der Waals surface area (Å²) in [5.74, 6) is 2.92. The largest absolute Gasteiger partial charge is 0.616 e. The minimum atomic E-state index is -0.681. The molecule has 1 N–H and O–H groups in total. The Hall–Kier alpha value is -2.16. The van der Waals surface area contributed by atoms with E-state index in [2.05, 4.69) is 39.1 Å². The number of ether oxygens (including phenoxy) is 1. The third-order valence-electron chi connectivity index (χ3n) is 5.99. The number of anilines is 1. The van der Waals surface area contributed by atoms with E-state index < -0.39 is 11.2 Å². The standard InChI is InChI=1S/C21H25N5O2S/c1-14-13-28-9-8-26(14)19-12-17(15-4-10-29(27)11-5-15)16-2-6-22-21(20(16)24-19)18-3-7-23-25-18/h2-3,6-7,12,14-15H,4-5,8-11,13H2,1H3,(H,23,25)/t14-,15?,29?/m1/s1. The highest BCUT2D eigenvalue weighted by Gasteiger charge is 2.28. The molecule has 8 heteroatoms. The van der Waals surface area contributed by atoms with Crippen LogP contribution in [0, 0.1) is 0 Å². The molecular weight excluding hydrogens is 386 g/mol. The van der Waals surface area contributed by atoms with E-state index in [1.807, 2.05) is 12.3 Å². The van der Waals surface area contributed by atoms with Crippen LogP contribution in [0.3, 0.4) is 0 Å². The molecular formula is C21H25N5O2S. The number of aromatic nitrogens is 4. The van der Waals surface area contributed by atoms with Crippen molar-refractivity contribution in [3.05, 3.63) is 36.2 Å². The summed E-state index contributed by atoms with van der Waals surface area (Å²) in [7, 11) is 0. The molecule has 3 aromatic rings. The van der Waals surface area contributed by atoms with Gasteiger partial charge in [-0.05, 0) is 49.4 Å². The van der Waals surface area contributed by atoms with Gasteiger partial charge in [-0.2, -0.15) is 5.10 Å². The summed E-state index contributed by atoms with van der Waals surface area (Å²) in [4.78, 5) is 12.0. The van der Waals surface area contributed by atoms with Crippen LogP contribution in [0.1, 0.15) is 31.2 Å². The Balaban J connectivity index is 1.68. The molecule has 0 amide bonds. The zero-order valence-electron chi connectivity index (χ0n) is 16.5. The first kappa shape index (κ1) is 18.8. The highest BCUT2D eigenvalue weighted by atomic mass is 32.2. The zero-order valence-corrected chi connectivity index (χ0v) is 17.3. The zero-order chi connectivity index (χ0) is 19.8. The molecule has 5 heterocycles. The number of fused-ring (bicyclic) bond motifs is 1. The monoisotopic (exact) mass is 411 g/mol. The number of hydrogen-bond donors (Lipinski definition) is 1. The van der Waals surface area contributed by atoms with E-state index in [0.29, 0.717) is 19.1 Å². The molecule has 152 valence electrons. The van der Waals surface area contributed by atoms with E-state index >= 15 is 0 Å². The van der Waals surface area contributed by atoms with E-state index in [4.69, 9.17) is 9.72 Å². The van der Waals surface area contributed by atoms with Gasteiger partial charge in [0.05, 0.1) is 24.9 Å². The molecule has 5 rings (SSSR count). The molecule has 1 atom stereocenters. The lowest BCUT2D eigenvalue weighted by molar-refractivity contribution is 0.0985. The molecule has 2 aliphatic heterocycles. The molecule has 29 heavy (non-hydrogen) atoms. The normalized spacial score (nSPS) is 25.4. The fraction of sp³-hybridized carbons (Fsp3) is 0.476. The summed E-state index contributed by atoms with van der Waals surface area (Å²) in [6.45, 7) is 4.42. The Morgan fingerprint density at radius 2 is 2.10 bits per heavy atom. The molecule has 0 aromatic carbocycles. The van der Waals surface area contributed by atoms with Crippen LogP contribution in [0.15, 0.2) is 30.6 Å². The van der Waals surface area contributed by atoms with Crippen molar-refractivity contribution in [2.45, 2.75) is 31.7 Å². The fourth-order valence-electron chi connectivity index (χ4n) is 4.41. The van der Waals surface area contributed by atoms with E-state index in [9.17, 15) is 4.55 Å². The second-order valence-electron chi connectivity index (χ2n) is 7.84. The van der Waals surface area contributed by atoms with Crippen molar-refractivity contribution in [3.8, 4) is 11.4 Å². The molecule has 0 spiro atoms. The summed E-state index contributed by atoms with van der Waals surface area (Å²) in [5, 5.41) is 8.26. The lowest BCUT2D eigenvalue weighted by Crippen LogP contribution is -2.44. The van der Waals surface area contributed by atoms with Crippen LogP contribution < -0.4 is 4.90 Å². The molecule has 0 unspecified atom stereocenters. The quantitative estimate of drug-likeness (QED) is 0.667. The fourth-order valence-corrected chi connectivity index (χ4v) is 5.70. The minimum absolute atomic E-state index is 0.271. The number of hydrogen-bond acceptors (Lipinski definition) is 6. The Kier molecular flexibility index (Phi) is 5.15. The average molecular weight is 412 g/mol. The van der Waals surface area contributed by atoms with Gasteiger partial charge in [-0.3, -0.25) is 10.1 Å². The summed E-state index contributed by atoms with van der Waals surface area (Å²) in [5.41, 5.74) is 3.88. The van der Waals surface area contributed by atoms with E-state index in [1.165, 1.54) is 5.56 Å². The number of aromatic amines is 1. The lowest BCUT2D eigenvalue weighted by atomic mass is 9.90. The third-order valence-corrected chi connectivity index (χ3v) is 7.37. The highest BCUT2D eigenvalue weighted by Crippen LogP contribution is 2.38. The number of morpholine rings is 1. The first-order valence-corrected chi connectivity index (χ1v) is 11.7. The van der Waals surface area contributed by atoms with Crippen LogP contribution in [0.5, 0.6) is 0 Å². The van der Waals surface area contributed by atoms with E-state index in [-0.39, 0.29) is 6.04 Å². The first-order chi connectivity index (χ1) is 14.2. The molecule has 7 nitrogen and oxygen atoms in total. The smallest absolute Gasteiger partial charge is 0.130 e. The number of nitrogens with zero attached hydrogens (tertiary/aromatic N) is 4. The van der Waals surface area contributed by atoms with Crippen LogP contribution in [0.2, 0.25) is 0 Å². The topological polar surface area (TPSA) is 90.0 Å². The lowest BCUT2D eigenvalue weighted by Gasteiger charge is -2.35. The molecule has 2 saturated heterocycles. The summed E-state index contributed by atoms with van der Waals surface area (Å²) >= 11 is -0.681. The van der Waals surface area contributed by atoms with Gasteiger partial charge in [0.2, 0.25) is 0 Å².